The number of aromatic amines is 1. The number of likely N-dealkylation sites (N-methyl/N-ethyl adjacent to an activating group) is 1. The second-order valence-electron chi connectivity index (χ2n) is 10.5. The normalized spacial score (nSPS) is 17.2. The number of urea groups is 1. The Morgan fingerprint density at radius 2 is 1.82 bits per heavy atom. The molecule has 0 unspecified atom stereocenters. The molecule has 7 heterocycles. The minimum absolute atomic E-state index is 0.0954. The summed E-state index contributed by atoms with van der Waals surface area (Å²) in [4.78, 5) is 41.8. The lowest BCUT2D eigenvalue weighted by Gasteiger charge is -2.34. The van der Waals surface area contributed by atoms with Crippen molar-refractivity contribution < 1.29 is 4.79 Å². The number of hydrogen-bond acceptors (Lipinski definition) is 6. The van der Waals surface area contributed by atoms with Gasteiger partial charge in [-0.25, -0.2) is 14.8 Å². The summed E-state index contributed by atoms with van der Waals surface area (Å²) in [5, 5.41) is 0. The molecule has 1 fully saturated rings. The second kappa shape index (κ2) is 9.05. The Labute approximate surface area is 221 Å². The number of hydrogen-bond donors (Lipinski definition) is 1. The smallest absolute Gasteiger partial charge is 0.320 e. The maximum atomic E-state index is 13.0. The third-order valence-corrected chi connectivity index (χ3v) is 7.83. The molecule has 0 spiro atoms. The maximum Gasteiger partial charge on any atom is 0.320 e. The third-order valence-electron chi connectivity index (χ3n) is 7.83. The van der Waals surface area contributed by atoms with Crippen molar-refractivity contribution in [1.29, 1.82) is 0 Å². The number of fused-ring (bicyclic) bond motifs is 2. The molecule has 1 saturated heterocycles. The maximum absolute atomic E-state index is 13.0. The van der Waals surface area contributed by atoms with Gasteiger partial charge in [0, 0.05) is 56.6 Å². The van der Waals surface area contributed by atoms with E-state index in [4.69, 9.17) is 15.0 Å². The van der Waals surface area contributed by atoms with Gasteiger partial charge in [0.1, 0.15) is 17.2 Å². The molecular weight excluding hydrogens is 478 g/mol. The molecule has 0 aliphatic carbocycles. The summed E-state index contributed by atoms with van der Waals surface area (Å²) in [6, 6.07) is 10.3. The largest absolute Gasteiger partial charge is 0.339 e. The second-order valence-corrected chi connectivity index (χ2v) is 10.5. The standard InChI is InChI=1S/C28H31N9O/c1-18-5-3-6-20(30-18)25-26(37-10-4-7-24(37)33-25)19-8-9-29-21(15-19)27-31-22-16-36(17-23(22)32-27)28(38)35-13-11-34(2)12-14-35/h3,5-6,8-9,15H,4,7,10-14,16-17H2,1-2H3,(H,31,32). The van der Waals surface area contributed by atoms with E-state index in [9.17, 15) is 4.79 Å². The molecule has 194 valence electrons. The SMILES string of the molecule is Cc1cccc(-c2nc3n(c2-c2ccnc(-c4nc5c([nH]4)CN(C(=O)N4CCN(C)CC4)C5)c2)CCC3)n1. The van der Waals surface area contributed by atoms with Crippen molar-refractivity contribution >= 4 is 6.03 Å². The van der Waals surface area contributed by atoms with Crippen molar-refractivity contribution in [1.82, 2.24) is 44.2 Å². The molecule has 10 nitrogen and oxygen atoms in total. The molecule has 3 aliphatic heterocycles. The Balaban J connectivity index is 1.17. The molecule has 4 aromatic heterocycles. The molecule has 0 aromatic carbocycles. The van der Waals surface area contributed by atoms with E-state index in [1.165, 1.54) is 0 Å². The molecule has 0 bridgehead atoms. The first-order chi connectivity index (χ1) is 18.5. The van der Waals surface area contributed by atoms with Crippen LogP contribution in [-0.2, 0) is 26.1 Å². The van der Waals surface area contributed by atoms with E-state index in [0.29, 0.717) is 13.1 Å². The molecule has 3 aliphatic rings. The van der Waals surface area contributed by atoms with Crippen LogP contribution in [-0.4, -0.2) is 83.4 Å². The van der Waals surface area contributed by atoms with Crippen LogP contribution >= 0.6 is 0 Å². The van der Waals surface area contributed by atoms with Crippen molar-refractivity contribution in [2.24, 2.45) is 0 Å². The fourth-order valence-electron chi connectivity index (χ4n) is 5.77. The van der Waals surface area contributed by atoms with Gasteiger partial charge in [-0.05, 0) is 44.7 Å². The zero-order chi connectivity index (χ0) is 25.8. The Morgan fingerprint density at radius 3 is 2.63 bits per heavy atom. The Bertz CT molecular complexity index is 1510. The van der Waals surface area contributed by atoms with E-state index in [-0.39, 0.29) is 6.03 Å². The number of rotatable bonds is 3. The van der Waals surface area contributed by atoms with Crippen LogP contribution in [0, 0.1) is 6.92 Å². The first-order valence-electron chi connectivity index (χ1n) is 13.3. The van der Waals surface area contributed by atoms with Gasteiger partial charge in [-0.2, -0.15) is 0 Å². The number of amides is 2. The molecule has 1 N–H and O–H groups in total. The van der Waals surface area contributed by atoms with Crippen LogP contribution in [0.25, 0.3) is 34.2 Å². The lowest BCUT2D eigenvalue weighted by Crippen LogP contribution is -2.50. The van der Waals surface area contributed by atoms with Gasteiger partial charge in [-0.15, -0.1) is 0 Å². The summed E-state index contributed by atoms with van der Waals surface area (Å²) in [6.07, 6.45) is 3.91. The molecule has 0 saturated carbocycles. The average Bonchev–Trinajstić information content (AvgIpc) is 3.69. The van der Waals surface area contributed by atoms with Crippen molar-refractivity contribution in [3.05, 3.63) is 59.4 Å². The number of piperazine rings is 1. The lowest BCUT2D eigenvalue weighted by atomic mass is 10.1. The molecule has 0 radical (unpaired) electrons. The van der Waals surface area contributed by atoms with E-state index < -0.39 is 0 Å². The predicted octanol–water partition coefficient (Wildman–Crippen LogP) is 3.33. The first kappa shape index (κ1) is 23.1. The monoisotopic (exact) mass is 509 g/mol. The van der Waals surface area contributed by atoms with Crippen LogP contribution in [0.4, 0.5) is 4.79 Å². The first-order valence-corrected chi connectivity index (χ1v) is 13.3. The lowest BCUT2D eigenvalue weighted by molar-refractivity contribution is 0.121. The number of H-pyrrole nitrogens is 1. The van der Waals surface area contributed by atoms with Gasteiger partial charge >= 0.3 is 6.03 Å². The van der Waals surface area contributed by atoms with Crippen molar-refractivity contribution in [3.8, 4) is 34.2 Å². The van der Waals surface area contributed by atoms with Gasteiger partial charge in [-0.1, -0.05) is 6.07 Å². The van der Waals surface area contributed by atoms with Gasteiger partial charge in [0.05, 0.1) is 35.9 Å². The zero-order valence-electron chi connectivity index (χ0n) is 21.8. The number of imidazole rings is 2. The van der Waals surface area contributed by atoms with E-state index in [1.54, 1.807) is 0 Å². The fraction of sp³-hybridized carbons (Fsp3) is 0.393. The number of aromatic nitrogens is 6. The highest BCUT2D eigenvalue weighted by Crippen LogP contribution is 2.36. The zero-order valence-corrected chi connectivity index (χ0v) is 21.8. The Kier molecular flexibility index (Phi) is 5.50. The van der Waals surface area contributed by atoms with Crippen LogP contribution in [0.1, 0.15) is 29.3 Å². The van der Waals surface area contributed by atoms with Gasteiger partial charge in [0.2, 0.25) is 0 Å². The summed E-state index contributed by atoms with van der Waals surface area (Å²) >= 11 is 0. The summed E-state index contributed by atoms with van der Waals surface area (Å²) in [5.41, 5.74) is 7.62. The van der Waals surface area contributed by atoms with Gasteiger partial charge in [0.25, 0.3) is 0 Å². The van der Waals surface area contributed by atoms with Gasteiger partial charge in [0.15, 0.2) is 5.82 Å². The van der Waals surface area contributed by atoms with Crippen LogP contribution in [0.3, 0.4) is 0 Å². The van der Waals surface area contributed by atoms with Crippen LogP contribution < -0.4 is 0 Å². The number of nitrogens with one attached hydrogen (secondary N) is 1. The van der Waals surface area contributed by atoms with E-state index in [1.807, 2.05) is 47.2 Å². The summed E-state index contributed by atoms with van der Waals surface area (Å²) in [7, 11) is 2.09. The highest BCUT2D eigenvalue weighted by molar-refractivity contribution is 5.79. The minimum Gasteiger partial charge on any atom is -0.339 e. The molecule has 2 amide bonds. The van der Waals surface area contributed by atoms with Gasteiger partial charge in [-0.3, -0.25) is 9.97 Å². The molecular formula is C28H31N9O. The molecule has 0 atom stereocenters. The molecule has 38 heavy (non-hydrogen) atoms. The van der Waals surface area contributed by atoms with Crippen LogP contribution in [0.2, 0.25) is 0 Å². The quantitative estimate of drug-likeness (QED) is 0.455. The van der Waals surface area contributed by atoms with Gasteiger partial charge < -0.3 is 24.3 Å². The van der Waals surface area contributed by atoms with Crippen molar-refractivity contribution in [3.63, 3.8) is 0 Å². The van der Waals surface area contributed by atoms with Crippen molar-refractivity contribution in [2.45, 2.75) is 39.4 Å². The summed E-state index contributed by atoms with van der Waals surface area (Å²) in [5.74, 6) is 1.85. The van der Waals surface area contributed by atoms with Crippen molar-refractivity contribution in [2.75, 3.05) is 33.2 Å². The van der Waals surface area contributed by atoms with E-state index in [0.717, 1.165) is 103 Å². The highest BCUT2D eigenvalue weighted by atomic mass is 16.2. The predicted molar refractivity (Wildman–Crippen MR) is 143 cm³/mol. The Hall–Kier alpha value is -4.05. The molecule has 4 aromatic rings. The van der Waals surface area contributed by atoms with E-state index >= 15 is 0 Å². The van der Waals surface area contributed by atoms with E-state index in [2.05, 4.69) is 32.5 Å². The number of carbonyl (C=O) groups is 1. The Morgan fingerprint density at radius 1 is 0.947 bits per heavy atom. The molecule has 10 heteroatoms. The number of aryl methyl sites for hydroxylation is 2. The number of pyridine rings is 2. The average molecular weight is 510 g/mol. The number of carbonyl (C=O) groups excluding carboxylic acids is 1. The summed E-state index contributed by atoms with van der Waals surface area (Å²) < 4.78 is 2.32. The van der Waals surface area contributed by atoms with Crippen LogP contribution in [0.15, 0.2) is 36.5 Å². The molecule has 7 rings (SSSR count). The van der Waals surface area contributed by atoms with Crippen LogP contribution in [0.5, 0.6) is 0 Å². The topological polar surface area (TPSA) is 99.1 Å². The third kappa shape index (κ3) is 3.96. The minimum atomic E-state index is 0.0954. The fourth-order valence-corrected chi connectivity index (χ4v) is 5.77. The highest BCUT2D eigenvalue weighted by Gasteiger charge is 2.31. The summed E-state index contributed by atoms with van der Waals surface area (Å²) in [6.45, 7) is 7.40. The number of nitrogens with zero attached hydrogens (tertiary/aromatic N) is 8.